The summed E-state index contributed by atoms with van der Waals surface area (Å²) in [6, 6.07) is 9.08. The Kier molecular flexibility index (Phi) is 6.06. The van der Waals surface area contributed by atoms with Gasteiger partial charge in [0, 0.05) is 42.3 Å². The van der Waals surface area contributed by atoms with E-state index in [1.165, 1.54) is 15.6 Å². The summed E-state index contributed by atoms with van der Waals surface area (Å²) in [4.78, 5) is 15.2. The number of fused-ring (bicyclic) bond motifs is 1. The Morgan fingerprint density at radius 2 is 2.04 bits per heavy atom. The number of amides is 1. The third-order valence-electron chi connectivity index (χ3n) is 4.67. The predicted molar refractivity (Wildman–Crippen MR) is 101 cm³/mol. The lowest BCUT2D eigenvalue weighted by molar-refractivity contribution is -0.141. The van der Waals surface area contributed by atoms with E-state index in [-0.39, 0.29) is 5.91 Å². The molecule has 28 heavy (non-hydrogen) atoms. The second kappa shape index (κ2) is 8.50. The molecule has 0 unspecified atom stereocenters. The standard InChI is InChI=1S/C20H23F3N4O/c1-14-12-18(20(21,22)23)26-27(14)11-5-10-24-19(28)9-4-6-15-13-25-17-8-3-2-7-16(15)17/h2-3,7-8,12-13,25H,4-6,9-11H2,1H3,(H,24,28). The molecule has 0 bridgehead atoms. The van der Waals surface area contributed by atoms with E-state index in [4.69, 9.17) is 0 Å². The number of carbonyl (C=O) groups excluding carboxylic acids is 1. The smallest absolute Gasteiger partial charge is 0.361 e. The molecule has 150 valence electrons. The number of aromatic amines is 1. The normalized spacial score (nSPS) is 11.9. The van der Waals surface area contributed by atoms with Gasteiger partial charge in [0.25, 0.3) is 0 Å². The minimum absolute atomic E-state index is 0.0481. The molecule has 0 aliphatic heterocycles. The van der Waals surface area contributed by atoms with Crippen LogP contribution in [0.5, 0.6) is 0 Å². The van der Waals surface area contributed by atoms with Crippen LogP contribution in [0.4, 0.5) is 13.2 Å². The van der Waals surface area contributed by atoms with Crippen LogP contribution in [0.1, 0.15) is 36.2 Å². The quantitative estimate of drug-likeness (QED) is 0.564. The van der Waals surface area contributed by atoms with Crippen molar-refractivity contribution in [3.8, 4) is 0 Å². The highest BCUT2D eigenvalue weighted by atomic mass is 19.4. The predicted octanol–water partition coefficient (Wildman–Crippen LogP) is 4.22. The first-order chi connectivity index (χ1) is 13.3. The van der Waals surface area contributed by atoms with Crippen molar-refractivity contribution in [2.75, 3.05) is 6.54 Å². The van der Waals surface area contributed by atoms with E-state index in [0.29, 0.717) is 31.6 Å². The van der Waals surface area contributed by atoms with E-state index in [9.17, 15) is 18.0 Å². The number of aryl methyl sites for hydroxylation is 3. The van der Waals surface area contributed by atoms with Crippen molar-refractivity contribution in [2.24, 2.45) is 0 Å². The maximum atomic E-state index is 12.6. The number of para-hydroxylation sites is 1. The van der Waals surface area contributed by atoms with Crippen LogP contribution in [0.15, 0.2) is 36.5 Å². The molecule has 0 radical (unpaired) electrons. The molecule has 2 aromatic heterocycles. The van der Waals surface area contributed by atoms with Gasteiger partial charge >= 0.3 is 6.18 Å². The van der Waals surface area contributed by atoms with Crippen molar-refractivity contribution in [1.29, 1.82) is 0 Å². The van der Waals surface area contributed by atoms with Crippen LogP contribution in [0.25, 0.3) is 10.9 Å². The molecule has 0 saturated carbocycles. The zero-order valence-corrected chi connectivity index (χ0v) is 15.6. The number of nitrogens with zero attached hydrogens (tertiary/aromatic N) is 2. The lowest BCUT2D eigenvalue weighted by atomic mass is 10.1. The maximum Gasteiger partial charge on any atom is 0.435 e. The molecule has 0 fully saturated rings. The van der Waals surface area contributed by atoms with Crippen molar-refractivity contribution in [3.63, 3.8) is 0 Å². The number of carbonyl (C=O) groups is 1. The topological polar surface area (TPSA) is 62.7 Å². The van der Waals surface area contributed by atoms with Gasteiger partial charge in [0.1, 0.15) is 0 Å². The fourth-order valence-electron chi connectivity index (χ4n) is 3.20. The molecule has 5 nitrogen and oxygen atoms in total. The fourth-order valence-corrected chi connectivity index (χ4v) is 3.20. The van der Waals surface area contributed by atoms with Gasteiger partial charge in [-0.15, -0.1) is 0 Å². The average molecular weight is 392 g/mol. The van der Waals surface area contributed by atoms with Crippen LogP contribution in [0, 0.1) is 6.92 Å². The van der Waals surface area contributed by atoms with Crippen molar-refractivity contribution in [2.45, 2.75) is 45.3 Å². The molecule has 2 N–H and O–H groups in total. The van der Waals surface area contributed by atoms with Gasteiger partial charge in [-0.25, -0.2) is 0 Å². The van der Waals surface area contributed by atoms with Gasteiger partial charge in [0.15, 0.2) is 5.69 Å². The van der Waals surface area contributed by atoms with Gasteiger partial charge in [-0.1, -0.05) is 18.2 Å². The number of alkyl halides is 3. The Morgan fingerprint density at radius 3 is 2.79 bits per heavy atom. The van der Waals surface area contributed by atoms with E-state index < -0.39 is 11.9 Å². The molecule has 0 aliphatic rings. The second-order valence-electron chi connectivity index (χ2n) is 6.81. The SMILES string of the molecule is Cc1cc(C(F)(F)F)nn1CCCNC(=O)CCCc1c[nH]c2ccccc12. The minimum atomic E-state index is -4.44. The minimum Gasteiger partial charge on any atom is -0.361 e. The molecule has 3 aromatic rings. The molecule has 0 atom stereocenters. The zero-order chi connectivity index (χ0) is 20.1. The van der Waals surface area contributed by atoms with Gasteiger partial charge in [-0.3, -0.25) is 9.48 Å². The molecule has 0 saturated heterocycles. The van der Waals surface area contributed by atoms with Gasteiger partial charge in [-0.2, -0.15) is 18.3 Å². The monoisotopic (exact) mass is 392 g/mol. The van der Waals surface area contributed by atoms with Crippen LogP contribution in [0.3, 0.4) is 0 Å². The van der Waals surface area contributed by atoms with Crippen LogP contribution < -0.4 is 5.32 Å². The molecule has 1 aromatic carbocycles. The third-order valence-corrected chi connectivity index (χ3v) is 4.67. The van der Waals surface area contributed by atoms with Crippen molar-refractivity contribution in [1.82, 2.24) is 20.1 Å². The maximum absolute atomic E-state index is 12.6. The van der Waals surface area contributed by atoms with E-state index >= 15 is 0 Å². The highest BCUT2D eigenvalue weighted by Crippen LogP contribution is 2.28. The number of rotatable bonds is 8. The van der Waals surface area contributed by atoms with Gasteiger partial charge in [0.2, 0.25) is 5.91 Å². The van der Waals surface area contributed by atoms with E-state index in [2.05, 4.69) is 21.5 Å². The molecule has 1 amide bonds. The van der Waals surface area contributed by atoms with Crippen LogP contribution >= 0.6 is 0 Å². The number of H-pyrrole nitrogens is 1. The summed E-state index contributed by atoms with van der Waals surface area (Å²) >= 11 is 0. The molecular formula is C20H23F3N4O. The third kappa shape index (κ3) is 4.94. The molecule has 3 rings (SSSR count). The molecule has 8 heteroatoms. The lowest BCUT2D eigenvalue weighted by Gasteiger charge is -2.07. The first-order valence-corrected chi connectivity index (χ1v) is 9.28. The number of hydrogen-bond donors (Lipinski definition) is 2. The zero-order valence-electron chi connectivity index (χ0n) is 15.6. The first-order valence-electron chi connectivity index (χ1n) is 9.28. The summed E-state index contributed by atoms with van der Waals surface area (Å²) in [5, 5.41) is 7.57. The highest BCUT2D eigenvalue weighted by molar-refractivity contribution is 5.83. The molecule has 2 heterocycles. The number of benzene rings is 1. The summed E-state index contributed by atoms with van der Waals surface area (Å²) in [5.74, 6) is -0.0481. The van der Waals surface area contributed by atoms with Crippen LogP contribution in [-0.2, 0) is 23.9 Å². The van der Waals surface area contributed by atoms with E-state index in [0.717, 1.165) is 24.4 Å². The summed E-state index contributed by atoms with van der Waals surface area (Å²) < 4.78 is 39.3. The average Bonchev–Trinajstić information content (AvgIpc) is 3.23. The Labute approximate surface area is 160 Å². The Hall–Kier alpha value is -2.77. The first kappa shape index (κ1) is 20.0. The molecule has 0 spiro atoms. The molecule has 0 aliphatic carbocycles. The fraction of sp³-hybridized carbons (Fsp3) is 0.400. The van der Waals surface area contributed by atoms with Gasteiger partial charge < -0.3 is 10.3 Å². The summed E-state index contributed by atoms with van der Waals surface area (Å²) in [6.07, 6.45) is 0.0246. The van der Waals surface area contributed by atoms with Crippen molar-refractivity contribution in [3.05, 3.63) is 53.5 Å². The van der Waals surface area contributed by atoms with Crippen LogP contribution in [-0.4, -0.2) is 27.2 Å². The van der Waals surface area contributed by atoms with Gasteiger partial charge in [-0.05, 0) is 43.9 Å². The largest absolute Gasteiger partial charge is 0.435 e. The Balaban J connectivity index is 1.36. The van der Waals surface area contributed by atoms with Crippen molar-refractivity contribution < 1.29 is 18.0 Å². The van der Waals surface area contributed by atoms with Crippen LogP contribution in [0.2, 0.25) is 0 Å². The number of aromatic nitrogens is 3. The number of hydrogen-bond acceptors (Lipinski definition) is 2. The molecular weight excluding hydrogens is 369 g/mol. The van der Waals surface area contributed by atoms with E-state index in [1.54, 1.807) is 6.92 Å². The second-order valence-corrected chi connectivity index (χ2v) is 6.81. The Morgan fingerprint density at radius 1 is 1.25 bits per heavy atom. The van der Waals surface area contributed by atoms with Crippen molar-refractivity contribution >= 4 is 16.8 Å². The number of halogens is 3. The van der Waals surface area contributed by atoms with Gasteiger partial charge in [0.05, 0.1) is 0 Å². The summed E-state index contributed by atoms with van der Waals surface area (Å²) in [6.45, 7) is 2.33. The Bertz CT molecular complexity index is 942. The lowest BCUT2D eigenvalue weighted by Crippen LogP contribution is -2.25. The summed E-state index contributed by atoms with van der Waals surface area (Å²) in [7, 11) is 0. The van der Waals surface area contributed by atoms with E-state index in [1.807, 2.05) is 24.4 Å². The summed E-state index contributed by atoms with van der Waals surface area (Å²) in [5.41, 5.74) is 1.85. The highest BCUT2D eigenvalue weighted by Gasteiger charge is 2.34. The number of nitrogens with one attached hydrogen (secondary N) is 2.